The maximum Gasteiger partial charge on any atom is 0.174 e. The van der Waals surface area contributed by atoms with Crippen molar-refractivity contribution in [3.05, 3.63) is 94.6 Å². The molecule has 1 N–H and O–H groups in total. The van der Waals surface area contributed by atoms with E-state index in [1.54, 1.807) is 17.1 Å². The summed E-state index contributed by atoms with van der Waals surface area (Å²) in [6, 6.07) is 9.16. The van der Waals surface area contributed by atoms with Crippen LogP contribution in [0.3, 0.4) is 0 Å². The third-order valence-corrected chi connectivity index (χ3v) is 5.94. The van der Waals surface area contributed by atoms with Gasteiger partial charge in [0.25, 0.3) is 0 Å². The summed E-state index contributed by atoms with van der Waals surface area (Å²) in [5.41, 5.74) is 2.62. The second-order valence-electron chi connectivity index (χ2n) is 8.44. The molecule has 4 aromatic rings. The molecule has 8 heteroatoms. The Bertz CT molecular complexity index is 1350. The van der Waals surface area contributed by atoms with Crippen LogP contribution in [0.15, 0.2) is 48.9 Å². The van der Waals surface area contributed by atoms with Crippen LogP contribution in [-0.2, 0) is 12.1 Å². The SMILES string of the molecule is Cc1cn(-c2ccc(/C=C/c3nc4n(n3)CCC[C@]4(O)c3cc(F)cc(F)c3)cc2C)cn1. The Labute approximate surface area is 189 Å². The minimum Gasteiger partial charge on any atom is -0.377 e. The molecule has 2 aromatic carbocycles. The molecule has 0 fully saturated rings. The molecule has 6 nitrogen and oxygen atoms in total. The average molecular weight is 447 g/mol. The lowest BCUT2D eigenvalue weighted by atomic mass is 9.86. The van der Waals surface area contributed by atoms with E-state index in [0.29, 0.717) is 31.0 Å². The molecule has 0 radical (unpaired) electrons. The van der Waals surface area contributed by atoms with E-state index in [1.165, 1.54) is 0 Å². The summed E-state index contributed by atoms with van der Waals surface area (Å²) < 4.78 is 31.2. The van der Waals surface area contributed by atoms with Crippen molar-refractivity contribution in [1.82, 2.24) is 24.3 Å². The van der Waals surface area contributed by atoms with Crippen molar-refractivity contribution in [2.24, 2.45) is 0 Å². The normalized spacial score (nSPS) is 18.1. The molecule has 0 spiro atoms. The third-order valence-electron chi connectivity index (χ3n) is 5.94. The monoisotopic (exact) mass is 447 g/mol. The standard InChI is InChI=1S/C25H23F2N5O/c1-16-10-18(4-6-22(16)31-14-17(2)28-15-31)5-7-23-29-24-25(33,8-3-9-32(24)30-23)19-11-20(26)13-21(27)12-19/h4-7,10-15,33H,3,8-9H2,1-2H3/b7-5+/t25-/m0/s1. The Hall–Kier alpha value is -3.65. The molecule has 0 aliphatic carbocycles. The largest absolute Gasteiger partial charge is 0.377 e. The van der Waals surface area contributed by atoms with Crippen LogP contribution in [0.5, 0.6) is 0 Å². The lowest BCUT2D eigenvalue weighted by Gasteiger charge is -2.31. The highest BCUT2D eigenvalue weighted by atomic mass is 19.1. The van der Waals surface area contributed by atoms with Crippen LogP contribution < -0.4 is 0 Å². The summed E-state index contributed by atoms with van der Waals surface area (Å²) in [5.74, 6) is -0.755. The quantitative estimate of drug-likeness (QED) is 0.498. The van der Waals surface area contributed by atoms with Gasteiger partial charge < -0.3 is 9.67 Å². The summed E-state index contributed by atoms with van der Waals surface area (Å²) in [5, 5.41) is 15.8. The van der Waals surface area contributed by atoms with Crippen LogP contribution in [0, 0.1) is 25.5 Å². The number of nitrogens with zero attached hydrogens (tertiary/aromatic N) is 5. The number of benzene rings is 2. The molecular formula is C25H23F2N5O. The van der Waals surface area contributed by atoms with Gasteiger partial charge in [0.2, 0.25) is 0 Å². The summed E-state index contributed by atoms with van der Waals surface area (Å²) in [6.07, 6.45) is 8.36. The number of aromatic nitrogens is 5. The molecule has 0 amide bonds. The number of hydrogen-bond donors (Lipinski definition) is 1. The van der Waals surface area contributed by atoms with Crippen LogP contribution in [-0.4, -0.2) is 29.4 Å². The number of halogens is 2. The van der Waals surface area contributed by atoms with Crippen LogP contribution in [0.25, 0.3) is 17.8 Å². The molecule has 33 heavy (non-hydrogen) atoms. The Morgan fingerprint density at radius 3 is 2.55 bits per heavy atom. The van der Waals surface area contributed by atoms with Gasteiger partial charge >= 0.3 is 0 Å². The zero-order valence-corrected chi connectivity index (χ0v) is 18.3. The summed E-state index contributed by atoms with van der Waals surface area (Å²) in [4.78, 5) is 8.78. The van der Waals surface area contributed by atoms with Gasteiger partial charge in [0.1, 0.15) is 17.2 Å². The molecule has 2 aromatic heterocycles. The van der Waals surface area contributed by atoms with Crippen molar-refractivity contribution in [2.45, 2.75) is 38.8 Å². The number of fused-ring (bicyclic) bond motifs is 1. The average Bonchev–Trinajstić information content (AvgIpc) is 3.38. The molecule has 1 aliphatic rings. The van der Waals surface area contributed by atoms with E-state index in [2.05, 4.69) is 21.1 Å². The number of rotatable bonds is 4. The van der Waals surface area contributed by atoms with Gasteiger partial charge in [0.15, 0.2) is 11.6 Å². The predicted molar refractivity (Wildman–Crippen MR) is 121 cm³/mol. The molecule has 168 valence electrons. The van der Waals surface area contributed by atoms with Crippen LogP contribution in [0.4, 0.5) is 8.78 Å². The predicted octanol–water partition coefficient (Wildman–Crippen LogP) is 4.56. The van der Waals surface area contributed by atoms with Crippen molar-refractivity contribution in [1.29, 1.82) is 0 Å². The van der Waals surface area contributed by atoms with Gasteiger partial charge in [-0.1, -0.05) is 12.1 Å². The van der Waals surface area contributed by atoms with Crippen LogP contribution in [0.1, 0.15) is 46.9 Å². The van der Waals surface area contributed by atoms with E-state index in [-0.39, 0.29) is 5.56 Å². The Balaban J connectivity index is 1.44. The second-order valence-corrected chi connectivity index (χ2v) is 8.44. The lowest BCUT2D eigenvalue weighted by Crippen LogP contribution is -2.35. The minimum absolute atomic E-state index is 0.143. The van der Waals surface area contributed by atoms with E-state index < -0.39 is 17.2 Å². The minimum atomic E-state index is -1.60. The maximum absolute atomic E-state index is 13.8. The van der Waals surface area contributed by atoms with Gasteiger partial charge in [0, 0.05) is 24.5 Å². The first-order valence-electron chi connectivity index (χ1n) is 10.8. The van der Waals surface area contributed by atoms with Crippen molar-refractivity contribution in [3.63, 3.8) is 0 Å². The van der Waals surface area contributed by atoms with E-state index in [0.717, 1.165) is 40.7 Å². The van der Waals surface area contributed by atoms with Crippen LogP contribution >= 0.6 is 0 Å². The van der Waals surface area contributed by atoms with E-state index in [4.69, 9.17) is 0 Å². The maximum atomic E-state index is 13.8. The number of imidazole rings is 1. The molecule has 3 heterocycles. The number of hydrogen-bond acceptors (Lipinski definition) is 4. The van der Waals surface area contributed by atoms with Crippen molar-refractivity contribution >= 4 is 12.2 Å². The highest BCUT2D eigenvalue weighted by Gasteiger charge is 2.40. The van der Waals surface area contributed by atoms with Gasteiger partial charge in [-0.2, -0.15) is 5.10 Å². The molecule has 1 atom stereocenters. The zero-order valence-electron chi connectivity index (χ0n) is 18.3. The highest BCUT2D eigenvalue weighted by Crippen LogP contribution is 2.37. The number of aliphatic hydroxyl groups is 1. The first-order valence-corrected chi connectivity index (χ1v) is 10.8. The molecule has 0 saturated heterocycles. The first kappa shape index (κ1) is 21.2. The van der Waals surface area contributed by atoms with E-state index in [9.17, 15) is 13.9 Å². The summed E-state index contributed by atoms with van der Waals surface area (Å²) >= 11 is 0. The summed E-state index contributed by atoms with van der Waals surface area (Å²) in [7, 11) is 0. The van der Waals surface area contributed by atoms with Gasteiger partial charge in [-0.05, 0) is 73.7 Å². The van der Waals surface area contributed by atoms with Gasteiger partial charge in [-0.25, -0.2) is 23.4 Å². The smallest absolute Gasteiger partial charge is 0.174 e. The molecule has 0 unspecified atom stereocenters. The van der Waals surface area contributed by atoms with Gasteiger partial charge in [-0.3, -0.25) is 0 Å². The van der Waals surface area contributed by atoms with Crippen molar-refractivity contribution in [2.75, 3.05) is 0 Å². The molecule has 5 rings (SSSR count). The Morgan fingerprint density at radius 2 is 1.85 bits per heavy atom. The summed E-state index contributed by atoms with van der Waals surface area (Å²) in [6.45, 7) is 4.56. The fourth-order valence-corrected chi connectivity index (χ4v) is 4.35. The van der Waals surface area contributed by atoms with Crippen molar-refractivity contribution in [3.8, 4) is 5.69 Å². The second kappa shape index (κ2) is 8.04. The molecular weight excluding hydrogens is 424 g/mol. The van der Waals surface area contributed by atoms with E-state index >= 15 is 0 Å². The molecule has 1 aliphatic heterocycles. The first-order chi connectivity index (χ1) is 15.8. The molecule has 0 bridgehead atoms. The number of aryl methyl sites for hydroxylation is 3. The highest BCUT2D eigenvalue weighted by molar-refractivity contribution is 5.68. The zero-order chi connectivity index (χ0) is 23.2. The Morgan fingerprint density at radius 1 is 1.06 bits per heavy atom. The molecule has 0 saturated carbocycles. The van der Waals surface area contributed by atoms with Gasteiger partial charge in [0.05, 0.1) is 12.0 Å². The lowest BCUT2D eigenvalue weighted by molar-refractivity contribution is 0.0389. The fraction of sp³-hybridized carbons (Fsp3) is 0.240. The third kappa shape index (κ3) is 3.98. The topological polar surface area (TPSA) is 68.8 Å². The Kier molecular flexibility index (Phi) is 5.17. The fourth-order valence-electron chi connectivity index (χ4n) is 4.35. The van der Waals surface area contributed by atoms with Crippen molar-refractivity contribution < 1.29 is 13.9 Å². The van der Waals surface area contributed by atoms with E-state index in [1.807, 2.05) is 42.8 Å². The van der Waals surface area contributed by atoms with Crippen LogP contribution in [0.2, 0.25) is 0 Å². The van der Waals surface area contributed by atoms with Gasteiger partial charge in [-0.15, -0.1) is 0 Å².